The van der Waals surface area contributed by atoms with Crippen molar-refractivity contribution in [2.24, 2.45) is 0 Å². The van der Waals surface area contributed by atoms with Crippen LogP contribution in [0.4, 0.5) is 5.00 Å². The first-order chi connectivity index (χ1) is 9.92. The molecule has 5 nitrogen and oxygen atoms in total. The number of carboxylic acid groups (broad SMARTS) is 1. The first-order valence-corrected chi connectivity index (χ1v) is 7.89. The van der Waals surface area contributed by atoms with Crippen LogP contribution in [0.1, 0.15) is 32.5 Å². The zero-order valence-electron chi connectivity index (χ0n) is 10.8. The summed E-state index contributed by atoms with van der Waals surface area (Å²) in [5.74, 6) is -1.58. The van der Waals surface area contributed by atoms with Gasteiger partial charge in [0.25, 0.3) is 5.91 Å². The molecule has 0 fully saturated rings. The summed E-state index contributed by atoms with van der Waals surface area (Å²) < 4.78 is 0.607. The number of carbonyl (C=O) groups is 2. The van der Waals surface area contributed by atoms with Gasteiger partial charge in [-0.25, -0.2) is 9.78 Å². The van der Waals surface area contributed by atoms with E-state index in [0.29, 0.717) is 15.9 Å². The van der Waals surface area contributed by atoms with Gasteiger partial charge in [0.2, 0.25) is 0 Å². The lowest BCUT2D eigenvalue weighted by molar-refractivity contribution is 0.0698. The van der Waals surface area contributed by atoms with Crippen molar-refractivity contribution in [1.82, 2.24) is 4.98 Å². The smallest absolute Gasteiger partial charge is 0.338 e. The molecule has 2 N–H and O–H groups in total. The Balaban J connectivity index is 2.33. The van der Waals surface area contributed by atoms with Gasteiger partial charge in [-0.2, -0.15) is 0 Å². The summed E-state index contributed by atoms with van der Waals surface area (Å²) in [6, 6.07) is 3.09. The molecular formula is C13H10BrClN2O3S. The van der Waals surface area contributed by atoms with Crippen LogP contribution in [0.25, 0.3) is 0 Å². The standard InChI is InChI=1S/C13H10BrClN2O3S/c1-2-7-4-9(13(19)20)12(21-7)17-11(18)8-3-6(14)5-16-10(8)15/h3-5H,2H2,1H3,(H,17,18)(H,19,20). The van der Waals surface area contributed by atoms with E-state index < -0.39 is 11.9 Å². The molecule has 8 heteroatoms. The Kier molecular flexibility index (Phi) is 4.97. The van der Waals surface area contributed by atoms with E-state index in [1.54, 1.807) is 6.07 Å². The molecule has 0 atom stereocenters. The second kappa shape index (κ2) is 6.55. The normalized spacial score (nSPS) is 10.4. The van der Waals surface area contributed by atoms with Gasteiger partial charge in [-0.3, -0.25) is 4.79 Å². The predicted molar refractivity (Wildman–Crippen MR) is 85.6 cm³/mol. The number of hydrogen-bond acceptors (Lipinski definition) is 4. The maximum atomic E-state index is 12.2. The van der Waals surface area contributed by atoms with Crippen LogP contribution in [-0.2, 0) is 6.42 Å². The molecule has 2 rings (SSSR count). The summed E-state index contributed by atoms with van der Waals surface area (Å²) >= 11 is 10.3. The largest absolute Gasteiger partial charge is 0.478 e. The van der Waals surface area contributed by atoms with E-state index in [9.17, 15) is 9.59 Å². The third-order valence-corrected chi connectivity index (χ3v) is 4.57. The number of rotatable bonds is 4. The Bertz CT molecular complexity index is 717. The second-order valence-corrected chi connectivity index (χ2v) is 6.47. The molecule has 0 saturated carbocycles. The molecule has 2 aromatic rings. The van der Waals surface area contributed by atoms with E-state index in [-0.39, 0.29) is 16.3 Å². The number of anilines is 1. The van der Waals surface area contributed by atoms with Crippen molar-refractivity contribution in [2.45, 2.75) is 13.3 Å². The average Bonchev–Trinajstić information content (AvgIpc) is 2.84. The minimum Gasteiger partial charge on any atom is -0.478 e. The summed E-state index contributed by atoms with van der Waals surface area (Å²) in [6.07, 6.45) is 2.17. The van der Waals surface area contributed by atoms with Gasteiger partial charge in [0.15, 0.2) is 0 Å². The zero-order valence-corrected chi connectivity index (χ0v) is 14.0. The Hall–Kier alpha value is -1.44. The fraction of sp³-hybridized carbons (Fsp3) is 0.154. The number of aromatic nitrogens is 1. The predicted octanol–water partition coefficient (Wildman–Crippen LogP) is 4.07. The summed E-state index contributed by atoms with van der Waals surface area (Å²) in [4.78, 5) is 28.2. The van der Waals surface area contributed by atoms with Gasteiger partial charge < -0.3 is 10.4 Å². The monoisotopic (exact) mass is 388 g/mol. The van der Waals surface area contributed by atoms with E-state index >= 15 is 0 Å². The van der Waals surface area contributed by atoms with Gasteiger partial charge in [0.1, 0.15) is 10.2 Å². The van der Waals surface area contributed by atoms with E-state index in [0.717, 1.165) is 4.88 Å². The fourth-order valence-electron chi connectivity index (χ4n) is 1.62. The van der Waals surface area contributed by atoms with Crippen LogP contribution in [0.2, 0.25) is 5.15 Å². The zero-order chi connectivity index (χ0) is 15.6. The Morgan fingerprint density at radius 3 is 2.76 bits per heavy atom. The number of pyridine rings is 1. The Labute approximate surface area is 138 Å². The molecule has 21 heavy (non-hydrogen) atoms. The molecule has 2 aromatic heterocycles. The maximum Gasteiger partial charge on any atom is 0.338 e. The second-order valence-electron chi connectivity index (χ2n) is 4.06. The number of aryl methyl sites for hydroxylation is 1. The molecule has 0 spiro atoms. The highest BCUT2D eigenvalue weighted by molar-refractivity contribution is 9.10. The molecular weight excluding hydrogens is 380 g/mol. The van der Waals surface area contributed by atoms with Crippen LogP contribution >= 0.6 is 38.9 Å². The van der Waals surface area contributed by atoms with Gasteiger partial charge in [-0.1, -0.05) is 18.5 Å². The number of amides is 1. The van der Waals surface area contributed by atoms with Gasteiger partial charge in [0, 0.05) is 15.5 Å². The first kappa shape index (κ1) is 15.9. The minimum absolute atomic E-state index is 0.0554. The van der Waals surface area contributed by atoms with Crippen molar-refractivity contribution < 1.29 is 14.7 Å². The third-order valence-electron chi connectivity index (χ3n) is 2.64. The number of carboxylic acids is 1. The number of nitrogens with one attached hydrogen (secondary N) is 1. The fourth-order valence-corrected chi connectivity index (χ4v) is 3.12. The molecule has 110 valence electrons. The Morgan fingerprint density at radius 2 is 2.14 bits per heavy atom. The van der Waals surface area contributed by atoms with Crippen molar-refractivity contribution in [3.8, 4) is 0 Å². The highest BCUT2D eigenvalue weighted by Gasteiger charge is 2.19. The number of carbonyl (C=O) groups excluding carboxylic acids is 1. The molecule has 0 aliphatic heterocycles. The average molecular weight is 390 g/mol. The first-order valence-electron chi connectivity index (χ1n) is 5.90. The van der Waals surface area contributed by atoms with Gasteiger partial charge in [-0.15, -0.1) is 11.3 Å². The number of hydrogen-bond donors (Lipinski definition) is 2. The number of halogens is 2. The highest BCUT2D eigenvalue weighted by Crippen LogP contribution is 2.29. The van der Waals surface area contributed by atoms with Crippen LogP contribution in [0.15, 0.2) is 22.8 Å². The third kappa shape index (κ3) is 3.61. The lowest BCUT2D eigenvalue weighted by Crippen LogP contribution is -2.14. The highest BCUT2D eigenvalue weighted by atomic mass is 79.9. The molecule has 0 radical (unpaired) electrons. The van der Waals surface area contributed by atoms with Crippen molar-refractivity contribution in [2.75, 3.05) is 5.32 Å². The topological polar surface area (TPSA) is 79.3 Å². The van der Waals surface area contributed by atoms with Crippen LogP contribution in [0, 0.1) is 0 Å². The molecule has 0 unspecified atom stereocenters. The molecule has 0 aliphatic rings. The summed E-state index contributed by atoms with van der Waals surface area (Å²) in [6.45, 7) is 1.91. The lowest BCUT2D eigenvalue weighted by atomic mass is 10.2. The van der Waals surface area contributed by atoms with E-state index in [1.807, 2.05) is 6.92 Å². The molecule has 2 heterocycles. The minimum atomic E-state index is -1.08. The lowest BCUT2D eigenvalue weighted by Gasteiger charge is -2.06. The van der Waals surface area contributed by atoms with Crippen molar-refractivity contribution >= 4 is 55.7 Å². The van der Waals surface area contributed by atoms with Crippen LogP contribution in [0.5, 0.6) is 0 Å². The number of aromatic carboxylic acids is 1. The summed E-state index contributed by atoms with van der Waals surface area (Å²) in [5, 5.41) is 12.1. The quantitative estimate of drug-likeness (QED) is 0.773. The van der Waals surface area contributed by atoms with Crippen LogP contribution in [-0.4, -0.2) is 22.0 Å². The summed E-state index contributed by atoms with van der Waals surface area (Å²) in [7, 11) is 0. The van der Waals surface area contributed by atoms with Gasteiger partial charge in [-0.05, 0) is 34.5 Å². The maximum absolute atomic E-state index is 12.2. The van der Waals surface area contributed by atoms with Crippen molar-refractivity contribution in [1.29, 1.82) is 0 Å². The molecule has 0 saturated heterocycles. The van der Waals surface area contributed by atoms with Gasteiger partial charge in [0.05, 0.1) is 11.1 Å². The Morgan fingerprint density at radius 1 is 1.43 bits per heavy atom. The van der Waals surface area contributed by atoms with E-state index in [1.165, 1.54) is 23.6 Å². The SMILES string of the molecule is CCc1cc(C(=O)O)c(NC(=O)c2cc(Br)cnc2Cl)s1. The number of nitrogens with zero attached hydrogens (tertiary/aromatic N) is 1. The van der Waals surface area contributed by atoms with Crippen LogP contribution < -0.4 is 5.32 Å². The molecule has 0 bridgehead atoms. The van der Waals surface area contributed by atoms with Crippen molar-refractivity contribution in [3.05, 3.63) is 44.0 Å². The van der Waals surface area contributed by atoms with Gasteiger partial charge >= 0.3 is 5.97 Å². The molecule has 0 aromatic carbocycles. The summed E-state index contributed by atoms with van der Waals surface area (Å²) in [5.41, 5.74) is 0.248. The van der Waals surface area contributed by atoms with E-state index in [2.05, 4.69) is 26.2 Å². The van der Waals surface area contributed by atoms with Crippen LogP contribution in [0.3, 0.4) is 0 Å². The van der Waals surface area contributed by atoms with E-state index in [4.69, 9.17) is 16.7 Å². The number of thiophene rings is 1. The molecule has 1 amide bonds. The van der Waals surface area contributed by atoms with Crippen molar-refractivity contribution in [3.63, 3.8) is 0 Å². The molecule has 0 aliphatic carbocycles.